The maximum absolute atomic E-state index is 12.9. The molecule has 124 valence electrons. The predicted molar refractivity (Wildman–Crippen MR) is 82.7 cm³/mol. The van der Waals surface area contributed by atoms with E-state index in [1.54, 1.807) is 24.3 Å². The second kappa shape index (κ2) is 6.13. The van der Waals surface area contributed by atoms with Crippen LogP contribution in [0.25, 0.3) is 0 Å². The summed E-state index contributed by atoms with van der Waals surface area (Å²) in [4.78, 5) is 25.8. The molecule has 1 aromatic carbocycles. The minimum Gasteiger partial charge on any atom is -0.548 e. The van der Waals surface area contributed by atoms with Crippen LogP contribution in [0.3, 0.4) is 0 Å². The first-order chi connectivity index (χ1) is 10.9. The van der Waals surface area contributed by atoms with Gasteiger partial charge < -0.3 is 14.6 Å². The van der Waals surface area contributed by atoms with Gasteiger partial charge in [0.05, 0.1) is 18.6 Å². The van der Waals surface area contributed by atoms with Crippen LogP contribution in [0.1, 0.15) is 43.0 Å². The molecule has 1 amide bonds. The maximum atomic E-state index is 12.9. The Kier molecular flexibility index (Phi) is 4.34. The molecule has 3 rings (SSSR count). The molecular weight excluding hydrogens is 318 g/mol. The number of carboxylic acid groups (broad SMARTS) is 1. The van der Waals surface area contributed by atoms with Crippen LogP contribution in [-0.2, 0) is 9.53 Å². The van der Waals surface area contributed by atoms with Crippen molar-refractivity contribution in [3.05, 3.63) is 34.9 Å². The van der Waals surface area contributed by atoms with E-state index in [2.05, 4.69) is 6.92 Å². The second-order valence-corrected chi connectivity index (χ2v) is 6.89. The quantitative estimate of drug-likeness (QED) is 0.826. The number of carbonyl (C=O) groups is 2. The lowest BCUT2D eigenvalue weighted by molar-refractivity contribution is -0.310. The number of hydrogen-bond donors (Lipinski definition) is 0. The van der Waals surface area contributed by atoms with Gasteiger partial charge in [-0.3, -0.25) is 9.69 Å². The highest BCUT2D eigenvalue weighted by Gasteiger charge is 2.51. The van der Waals surface area contributed by atoms with Gasteiger partial charge in [0.2, 0.25) is 0 Å². The van der Waals surface area contributed by atoms with E-state index in [0.29, 0.717) is 29.3 Å². The molecule has 0 N–H and O–H groups in total. The summed E-state index contributed by atoms with van der Waals surface area (Å²) in [5.74, 6) is -1.07. The number of halogens is 1. The van der Waals surface area contributed by atoms with Crippen molar-refractivity contribution in [1.29, 1.82) is 0 Å². The van der Waals surface area contributed by atoms with Crippen molar-refractivity contribution < 1.29 is 19.4 Å². The van der Waals surface area contributed by atoms with Crippen molar-refractivity contribution in [1.82, 2.24) is 4.90 Å². The van der Waals surface area contributed by atoms with Crippen LogP contribution in [0.15, 0.2) is 24.3 Å². The van der Waals surface area contributed by atoms with E-state index in [1.165, 1.54) is 4.90 Å². The first-order valence-corrected chi connectivity index (χ1v) is 8.25. The van der Waals surface area contributed by atoms with Crippen LogP contribution in [0.5, 0.6) is 0 Å². The molecule has 0 unspecified atom stereocenters. The van der Waals surface area contributed by atoms with Gasteiger partial charge in [-0.2, -0.15) is 0 Å². The highest BCUT2D eigenvalue weighted by atomic mass is 35.5. The van der Waals surface area contributed by atoms with Crippen molar-refractivity contribution in [3.63, 3.8) is 0 Å². The van der Waals surface area contributed by atoms with Crippen LogP contribution in [0.2, 0.25) is 5.02 Å². The molecule has 1 aliphatic heterocycles. The second-order valence-electron chi connectivity index (χ2n) is 6.46. The Morgan fingerprint density at radius 1 is 1.26 bits per heavy atom. The number of hydrogen-bond acceptors (Lipinski definition) is 4. The Morgan fingerprint density at radius 3 is 2.43 bits per heavy atom. The summed E-state index contributed by atoms with van der Waals surface area (Å²) < 4.78 is 5.84. The van der Waals surface area contributed by atoms with Gasteiger partial charge >= 0.3 is 0 Å². The number of aliphatic carboxylic acids is 1. The van der Waals surface area contributed by atoms with Crippen LogP contribution in [0, 0.1) is 5.92 Å². The summed E-state index contributed by atoms with van der Waals surface area (Å²) in [5.41, 5.74) is -0.419. The molecule has 2 fully saturated rings. The third-order valence-electron chi connectivity index (χ3n) is 4.90. The zero-order chi connectivity index (χ0) is 16.6. The molecule has 1 saturated heterocycles. The van der Waals surface area contributed by atoms with Gasteiger partial charge in [-0.1, -0.05) is 18.5 Å². The number of amides is 1. The lowest BCUT2D eigenvalue weighted by atomic mass is 9.83. The zero-order valence-electron chi connectivity index (χ0n) is 13.0. The van der Waals surface area contributed by atoms with Gasteiger partial charge in [0.15, 0.2) is 0 Å². The smallest absolute Gasteiger partial charge is 0.256 e. The summed E-state index contributed by atoms with van der Waals surface area (Å²) in [6.07, 6.45) is 3.11. The lowest BCUT2D eigenvalue weighted by Gasteiger charge is -2.43. The fourth-order valence-corrected chi connectivity index (χ4v) is 3.62. The topological polar surface area (TPSA) is 69.7 Å². The van der Waals surface area contributed by atoms with Gasteiger partial charge in [-0.15, -0.1) is 0 Å². The Balaban J connectivity index is 1.94. The maximum Gasteiger partial charge on any atom is 0.256 e. The van der Waals surface area contributed by atoms with Gasteiger partial charge in [0.1, 0.15) is 5.72 Å². The summed E-state index contributed by atoms with van der Waals surface area (Å²) in [6.45, 7) is 2.14. The summed E-state index contributed by atoms with van der Waals surface area (Å²) >= 11 is 5.86. The van der Waals surface area contributed by atoms with Crippen molar-refractivity contribution in [3.8, 4) is 0 Å². The minimum absolute atomic E-state index is 0.0178. The molecule has 1 aromatic rings. The molecule has 0 aromatic heterocycles. The number of ether oxygens (including phenoxy) is 1. The minimum atomic E-state index is -1.28. The first-order valence-electron chi connectivity index (χ1n) is 7.87. The van der Waals surface area contributed by atoms with Gasteiger partial charge in [-0.25, -0.2) is 0 Å². The fraction of sp³-hybridized carbons (Fsp3) is 0.529. The Labute approximate surface area is 140 Å². The highest BCUT2D eigenvalue weighted by molar-refractivity contribution is 6.30. The number of carbonyl (C=O) groups excluding carboxylic acids is 2. The van der Waals surface area contributed by atoms with E-state index >= 15 is 0 Å². The van der Waals surface area contributed by atoms with E-state index in [0.717, 1.165) is 12.8 Å². The summed E-state index contributed by atoms with van der Waals surface area (Å²) in [5, 5.41) is 12.0. The van der Waals surface area contributed by atoms with Gasteiger partial charge in [0, 0.05) is 10.6 Å². The van der Waals surface area contributed by atoms with E-state index in [1.807, 2.05) is 0 Å². The summed E-state index contributed by atoms with van der Waals surface area (Å²) in [6, 6.07) is 5.40. The molecule has 2 aliphatic rings. The van der Waals surface area contributed by atoms with E-state index < -0.39 is 17.7 Å². The standard InChI is InChI=1S/C17H20ClNO4/c1-11-6-8-17(9-7-11)19(14(10-23-17)16(21)22)15(20)12-2-4-13(18)5-3-12/h2-5,11,14H,6-10H2,1H3,(H,21,22)/p-1/t11?,14-,17?/m1/s1. The number of benzene rings is 1. The number of rotatable bonds is 2. The Bertz CT molecular complexity index is 608. The first kappa shape index (κ1) is 16.3. The molecule has 1 aliphatic carbocycles. The SMILES string of the molecule is CC1CCC2(CC1)OC[C@H](C(=O)[O-])N2C(=O)c1ccc(Cl)cc1. The largest absolute Gasteiger partial charge is 0.548 e. The molecule has 1 saturated carbocycles. The van der Waals surface area contributed by atoms with Crippen molar-refractivity contribution in [2.75, 3.05) is 6.61 Å². The molecular formula is C17H19ClNO4-. The van der Waals surface area contributed by atoms with Crippen LogP contribution in [-0.4, -0.2) is 35.2 Å². The third kappa shape index (κ3) is 2.95. The van der Waals surface area contributed by atoms with E-state index in [-0.39, 0.29) is 12.5 Å². The fourth-order valence-electron chi connectivity index (χ4n) is 3.49. The third-order valence-corrected chi connectivity index (χ3v) is 5.15. The van der Waals surface area contributed by atoms with Gasteiger partial charge in [-0.05, 0) is 55.9 Å². The zero-order valence-corrected chi connectivity index (χ0v) is 13.7. The lowest BCUT2D eigenvalue weighted by Crippen LogP contribution is -2.57. The Hall–Kier alpha value is -1.59. The van der Waals surface area contributed by atoms with Crippen molar-refractivity contribution >= 4 is 23.5 Å². The molecule has 0 bridgehead atoms. The molecule has 0 radical (unpaired) electrons. The molecule has 1 heterocycles. The van der Waals surface area contributed by atoms with Crippen molar-refractivity contribution in [2.45, 2.75) is 44.4 Å². The van der Waals surface area contributed by atoms with Crippen molar-refractivity contribution in [2.24, 2.45) is 5.92 Å². The molecule has 23 heavy (non-hydrogen) atoms. The number of nitrogens with zero attached hydrogens (tertiary/aromatic N) is 1. The molecule has 5 nitrogen and oxygen atoms in total. The van der Waals surface area contributed by atoms with E-state index in [4.69, 9.17) is 16.3 Å². The predicted octanol–water partition coefficient (Wildman–Crippen LogP) is 1.84. The van der Waals surface area contributed by atoms with E-state index in [9.17, 15) is 14.7 Å². The molecule has 6 heteroatoms. The normalized spacial score (nSPS) is 30.6. The van der Waals surface area contributed by atoms with Crippen LogP contribution in [0.4, 0.5) is 0 Å². The summed E-state index contributed by atoms with van der Waals surface area (Å²) in [7, 11) is 0. The highest BCUT2D eigenvalue weighted by Crippen LogP contribution is 2.42. The molecule has 1 atom stereocenters. The van der Waals surface area contributed by atoms with Crippen LogP contribution < -0.4 is 5.11 Å². The van der Waals surface area contributed by atoms with Gasteiger partial charge in [0.25, 0.3) is 5.91 Å². The average Bonchev–Trinajstić information content (AvgIpc) is 2.90. The molecule has 1 spiro atoms. The van der Waals surface area contributed by atoms with Crippen LogP contribution >= 0.6 is 11.6 Å². The average molecular weight is 337 g/mol. The Morgan fingerprint density at radius 2 is 1.87 bits per heavy atom. The number of carboxylic acids is 1. The monoisotopic (exact) mass is 336 g/mol.